The van der Waals surface area contributed by atoms with Gasteiger partial charge < -0.3 is 15.2 Å². The second-order valence-electron chi connectivity index (χ2n) is 4.73. The van der Waals surface area contributed by atoms with E-state index in [2.05, 4.69) is 15.9 Å². The van der Waals surface area contributed by atoms with E-state index >= 15 is 0 Å². The molecule has 20 heavy (non-hydrogen) atoms. The van der Waals surface area contributed by atoms with Gasteiger partial charge in [-0.3, -0.25) is 0 Å². The number of hydrogen-bond donors (Lipinski definition) is 1. The Bertz CT molecular complexity index is 584. The molecule has 2 rings (SSSR count). The molecule has 1 atom stereocenters. The predicted octanol–water partition coefficient (Wildman–Crippen LogP) is 4.14. The van der Waals surface area contributed by atoms with Gasteiger partial charge in [0.2, 0.25) is 0 Å². The van der Waals surface area contributed by atoms with Crippen LogP contribution in [-0.4, -0.2) is 13.2 Å². The minimum atomic E-state index is 0.145. The molecule has 0 aliphatic carbocycles. The van der Waals surface area contributed by atoms with Crippen molar-refractivity contribution in [2.75, 3.05) is 7.11 Å². The Hall–Kier alpha value is -1.52. The summed E-state index contributed by atoms with van der Waals surface area (Å²) in [5.74, 6) is 2.28. The number of methoxy groups -OCH3 is 1. The van der Waals surface area contributed by atoms with Gasteiger partial charge in [0.25, 0.3) is 0 Å². The van der Waals surface area contributed by atoms with Crippen molar-refractivity contribution in [2.24, 2.45) is 5.73 Å². The van der Waals surface area contributed by atoms with Crippen molar-refractivity contribution in [1.29, 1.82) is 0 Å². The number of nitrogens with two attached hydrogens (primary N) is 1. The number of halogens is 1. The highest BCUT2D eigenvalue weighted by molar-refractivity contribution is 9.10. The molecule has 2 N–H and O–H groups in total. The molecular formula is C16H18BrNO2. The van der Waals surface area contributed by atoms with Crippen molar-refractivity contribution >= 4 is 15.9 Å². The molecule has 0 radical (unpaired) electrons. The van der Waals surface area contributed by atoms with Crippen LogP contribution in [0.3, 0.4) is 0 Å². The quantitative estimate of drug-likeness (QED) is 0.892. The lowest BCUT2D eigenvalue weighted by Crippen LogP contribution is -2.17. The number of rotatable bonds is 5. The summed E-state index contributed by atoms with van der Waals surface area (Å²) in [4.78, 5) is 0. The van der Waals surface area contributed by atoms with Crippen LogP contribution in [0.25, 0.3) is 0 Å². The first-order chi connectivity index (χ1) is 9.58. The Morgan fingerprint density at radius 1 is 1.15 bits per heavy atom. The van der Waals surface area contributed by atoms with E-state index in [1.165, 1.54) is 5.56 Å². The predicted molar refractivity (Wildman–Crippen MR) is 84.6 cm³/mol. The lowest BCUT2D eigenvalue weighted by molar-refractivity contribution is 0.409. The molecule has 0 bridgehead atoms. The minimum Gasteiger partial charge on any atom is -0.497 e. The van der Waals surface area contributed by atoms with Crippen molar-refractivity contribution in [2.45, 2.75) is 19.4 Å². The van der Waals surface area contributed by atoms with Crippen LogP contribution in [0, 0.1) is 0 Å². The highest BCUT2D eigenvalue weighted by Crippen LogP contribution is 2.32. The Morgan fingerprint density at radius 2 is 1.90 bits per heavy atom. The Morgan fingerprint density at radius 3 is 2.55 bits per heavy atom. The Labute approximate surface area is 127 Å². The van der Waals surface area contributed by atoms with Crippen LogP contribution in [0.5, 0.6) is 17.2 Å². The molecule has 0 saturated carbocycles. The molecule has 0 aliphatic rings. The SMILES string of the molecule is COc1cccc(Oc2ccc(CC(C)N)cc2Br)c1. The lowest BCUT2D eigenvalue weighted by atomic mass is 10.1. The molecule has 0 fully saturated rings. The van der Waals surface area contributed by atoms with Crippen molar-refractivity contribution in [3.8, 4) is 17.2 Å². The van der Waals surface area contributed by atoms with Crippen LogP contribution < -0.4 is 15.2 Å². The standard InChI is InChI=1S/C16H18BrNO2/c1-11(18)8-12-6-7-16(15(17)9-12)20-14-5-3-4-13(10-14)19-2/h3-7,9-11H,8,18H2,1-2H3. The molecule has 1 unspecified atom stereocenters. The molecule has 0 amide bonds. The topological polar surface area (TPSA) is 44.5 Å². The fourth-order valence-corrected chi connectivity index (χ4v) is 2.42. The van der Waals surface area contributed by atoms with E-state index in [1.54, 1.807) is 7.11 Å². The van der Waals surface area contributed by atoms with Crippen LogP contribution >= 0.6 is 15.9 Å². The third-order valence-electron chi connectivity index (χ3n) is 2.82. The van der Waals surface area contributed by atoms with Crippen LogP contribution in [0.2, 0.25) is 0 Å². The van der Waals surface area contributed by atoms with E-state index in [0.29, 0.717) is 0 Å². The highest BCUT2D eigenvalue weighted by atomic mass is 79.9. The average Bonchev–Trinajstić information content (AvgIpc) is 2.41. The van der Waals surface area contributed by atoms with Gasteiger partial charge in [-0.25, -0.2) is 0 Å². The number of hydrogen-bond acceptors (Lipinski definition) is 3. The highest BCUT2D eigenvalue weighted by Gasteiger charge is 2.06. The number of benzene rings is 2. The van der Waals surface area contributed by atoms with Gasteiger partial charge in [0.15, 0.2) is 0 Å². The molecule has 3 nitrogen and oxygen atoms in total. The zero-order chi connectivity index (χ0) is 14.5. The summed E-state index contributed by atoms with van der Waals surface area (Å²) in [6, 6.07) is 13.7. The van der Waals surface area contributed by atoms with Crippen LogP contribution in [0.1, 0.15) is 12.5 Å². The average molecular weight is 336 g/mol. The van der Waals surface area contributed by atoms with E-state index in [4.69, 9.17) is 15.2 Å². The van der Waals surface area contributed by atoms with Gasteiger partial charge in [-0.15, -0.1) is 0 Å². The molecule has 0 heterocycles. The molecule has 0 spiro atoms. The zero-order valence-corrected chi connectivity index (χ0v) is 13.2. The van der Waals surface area contributed by atoms with Gasteiger partial charge >= 0.3 is 0 Å². The number of ether oxygens (including phenoxy) is 2. The summed E-state index contributed by atoms with van der Waals surface area (Å²) in [5, 5.41) is 0. The molecule has 106 valence electrons. The summed E-state index contributed by atoms with van der Waals surface area (Å²) < 4.78 is 11.9. The van der Waals surface area contributed by atoms with E-state index in [1.807, 2.05) is 49.4 Å². The maximum Gasteiger partial charge on any atom is 0.141 e. The Balaban J connectivity index is 2.16. The second kappa shape index (κ2) is 6.77. The molecule has 0 saturated heterocycles. The second-order valence-corrected chi connectivity index (χ2v) is 5.58. The monoisotopic (exact) mass is 335 g/mol. The van der Waals surface area contributed by atoms with Crippen molar-refractivity contribution in [3.63, 3.8) is 0 Å². The first-order valence-corrected chi connectivity index (χ1v) is 7.23. The molecule has 2 aromatic rings. The third kappa shape index (κ3) is 3.99. The van der Waals surface area contributed by atoms with Gasteiger partial charge in [-0.05, 0) is 59.1 Å². The van der Waals surface area contributed by atoms with Gasteiger partial charge in [0.05, 0.1) is 11.6 Å². The summed E-state index contributed by atoms with van der Waals surface area (Å²) in [5.41, 5.74) is 6.99. The molecular weight excluding hydrogens is 318 g/mol. The fraction of sp³-hybridized carbons (Fsp3) is 0.250. The molecule has 4 heteroatoms. The first-order valence-electron chi connectivity index (χ1n) is 6.44. The lowest BCUT2D eigenvalue weighted by Gasteiger charge is -2.11. The summed E-state index contributed by atoms with van der Waals surface area (Å²) in [6.07, 6.45) is 0.845. The third-order valence-corrected chi connectivity index (χ3v) is 3.44. The van der Waals surface area contributed by atoms with Crippen molar-refractivity contribution < 1.29 is 9.47 Å². The van der Waals surface area contributed by atoms with Crippen LogP contribution in [0.4, 0.5) is 0 Å². The molecule has 0 aromatic heterocycles. The van der Waals surface area contributed by atoms with Gasteiger partial charge in [0, 0.05) is 12.1 Å². The summed E-state index contributed by atoms with van der Waals surface area (Å²) in [6.45, 7) is 1.99. The van der Waals surface area contributed by atoms with Gasteiger partial charge in [-0.2, -0.15) is 0 Å². The van der Waals surface area contributed by atoms with Crippen LogP contribution in [-0.2, 0) is 6.42 Å². The zero-order valence-electron chi connectivity index (χ0n) is 11.6. The molecule has 2 aromatic carbocycles. The fourth-order valence-electron chi connectivity index (χ4n) is 1.92. The summed E-state index contributed by atoms with van der Waals surface area (Å²) in [7, 11) is 1.64. The van der Waals surface area contributed by atoms with Crippen LogP contribution in [0.15, 0.2) is 46.9 Å². The van der Waals surface area contributed by atoms with E-state index in [-0.39, 0.29) is 6.04 Å². The van der Waals surface area contributed by atoms with Gasteiger partial charge in [-0.1, -0.05) is 12.1 Å². The maximum absolute atomic E-state index is 5.85. The summed E-state index contributed by atoms with van der Waals surface area (Å²) >= 11 is 3.53. The first kappa shape index (κ1) is 14.9. The van der Waals surface area contributed by atoms with E-state index in [9.17, 15) is 0 Å². The smallest absolute Gasteiger partial charge is 0.141 e. The Kier molecular flexibility index (Phi) is 5.04. The normalized spacial score (nSPS) is 12.0. The van der Waals surface area contributed by atoms with Crippen molar-refractivity contribution in [1.82, 2.24) is 0 Å². The largest absolute Gasteiger partial charge is 0.497 e. The van der Waals surface area contributed by atoms with Crippen molar-refractivity contribution in [3.05, 3.63) is 52.5 Å². The van der Waals surface area contributed by atoms with Gasteiger partial charge in [0.1, 0.15) is 17.2 Å². The minimum absolute atomic E-state index is 0.145. The van der Waals surface area contributed by atoms with E-state index in [0.717, 1.165) is 28.1 Å². The van der Waals surface area contributed by atoms with E-state index < -0.39 is 0 Å². The molecule has 0 aliphatic heterocycles. The maximum atomic E-state index is 5.85.